The van der Waals surface area contributed by atoms with Gasteiger partial charge in [-0.2, -0.15) is 0 Å². The first-order valence-corrected chi connectivity index (χ1v) is 9.65. The zero-order valence-electron chi connectivity index (χ0n) is 15.4. The molecule has 1 amide bonds. The Morgan fingerprint density at radius 3 is 2.38 bits per heavy atom. The van der Waals surface area contributed by atoms with E-state index in [0.717, 1.165) is 9.87 Å². The Kier molecular flexibility index (Phi) is 6.39. The highest BCUT2D eigenvalue weighted by atomic mass is 32.2. The quantitative estimate of drug-likeness (QED) is 0.806. The average molecular weight is 376 g/mol. The third-order valence-electron chi connectivity index (χ3n) is 4.08. The summed E-state index contributed by atoms with van der Waals surface area (Å²) in [4.78, 5) is 12.5. The number of carbonyl (C=O) groups is 1. The molecule has 1 N–H and O–H groups in total. The maximum absolute atomic E-state index is 12.4. The van der Waals surface area contributed by atoms with Crippen LogP contribution in [0.4, 0.5) is 5.69 Å². The molecule has 0 fully saturated rings. The van der Waals surface area contributed by atoms with Crippen molar-refractivity contribution in [3.05, 3.63) is 54.1 Å². The fourth-order valence-electron chi connectivity index (χ4n) is 2.53. The van der Waals surface area contributed by atoms with Gasteiger partial charge in [0.15, 0.2) is 0 Å². The monoisotopic (exact) mass is 376 g/mol. The van der Waals surface area contributed by atoms with Gasteiger partial charge in [0.2, 0.25) is 15.9 Å². The maximum Gasteiger partial charge on any atom is 0.242 e. The standard InChI is InChI=1S/C19H24N2O4S/c1-14(15-8-6-5-7-9-15)12-19(22)20-17-13-16(10-11-18(17)25-4)26(23,24)21(2)3/h5-11,13-14H,12H2,1-4H3,(H,20,22)/t14-/m1/s1. The zero-order valence-corrected chi connectivity index (χ0v) is 16.2. The minimum Gasteiger partial charge on any atom is -0.495 e. The number of amides is 1. The number of anilines is 1. The second-order valence-corrected chi connectivity index (χ2v) is 8.37. The fraction of sp³-hybridized carbons (Fsp3) is 0.316. The van der Waals surface area contributed by atoms with Crippen LogP contribution in [0, 0.1) is 0 Å². The van der Waals surface area contributed by atoms with Crippen LogP contribution in [0.15, 0.2) is 53.4 Å². The lowest BCUT2D eigenvalue weighted by Gasteiger charge is -2.16. The molecule has 0 aliphatic rings. The zero-order chi connectivity index (χ0) is 19.3. The minimum absolute atomic E-state index is 0.0379. The van der Waals surface area contributed by atoms with Gasteiger partial charge in [0.25, 0.3) is 0 Å². The molecular weight excluding hydrogens is 352 g/mol. The van der Waals surface area contributed by atoms with Crippen molar-refractivity contribution < 1.29 is 17.9 Å². The smallest absolute Gasteiger partial charge is 0.242 e. The molecular formula is C19H24N2O4S. The Morgan fingerprint density at radius 2 is 1.81 bits per heavy atom. The highest BCUT2D eigenvalue weighted by molar-refractivity contribution is 7.89. The lowest BCUT2D eigenvalue weighted by atomic mass is 9.97. The molecule has 0 radical (unpaired) electrons. The van der Waals surface area contributed by atoms with Gasteiger partial charge in [0, 0.05) is 20.5 Å². The maximum atomic E-state index is 12.4. The van der Waals surface area contributed by atoms with Gasteiger partial charge < -0.3 is 10.1 Å². The molecule has 140 valence electrons. The number of rotatable bonds is 7. The van der Waals surface area contributed by atoms with Crippen LogP contribution in [0.25, 0.3) is 0 Å². The molecule has 1 atom stereocenters. The van der Waals surface area contributed by atoms with Crippen molar-refractivity contribution in [1.82, 2.24) is 4.31 Å². The number of hydrogen-bond donors (Lipinski definition) is 1. The van der Waals surface area contributed by atoms with Crippen molar-refractivity contribution in [1.29, 1.82) is 0 Å². The number of nitrogens with one attached hydrogen (secondary N) is 1. The highest BCUT2D eigenvalue weighted by Crippen LogP contribution is 2.29. The summed E-state index contributed by atoms with van der Waals surface area (Å²) in [5.41, 5.74) is 1.40. The van der Waals surface area contributed by atoms with Crippen LogP contribution in [0.2, 0.25) is 0 Å². The normalized spacial score (nSPS) is 12.7. The number of methoxy groups -OCH3 is 1. The Hall–Kier alpha value is -2.38. The van der Waals surface area contributed by atoms with E-state index >= 15 is 0 Å². The molecule has 0 aliphatic carbocycles. The Morgan fingerprint density at radius 1 is 1.15 bits per heavy atom. The van der Waals surface area contributed by atoms with Crippen molar-refractivity contribution in [3.63, 3.8) is 0 Å². The third kappa shape index (κ3) is 4.62. The molecule has 0 unspecified atom stereocenters. The van der Waals surface area contributed by atoms with Gasteiger partial charge in [0.1, 0.15) is 5.75 Å². The molecule has 2 rings (SSSR count). The molecule has 0 saturated carbocycles. The molecule has 0 aliphatic heterocycles. The summed E-state index contributed by atoms with van der Waals surface area (Å²) < 4.78 is 31.0. The van der Waals surface area contributed by atoms with Crippen molar-refractivity contribution >= 4 is 21.6 Å². The first kappa shape index (κ1) is 19.9. The van der Waals surface area contributed by atoms with Gasteiger partial charge in [-0.1, -0.05) is 37.3 Å². The summed E-state index contributed by atoms with van der Waals surface area (Å²) in [7, 11) is 0.786. The van der Waals surface area contributed by atoms with E-state index < -0.39 is 10.0 Å². The molecule has 6 nitrogen and oxygen atoms in total. The largest absolute Gasteiger partial charge is 0.495 e. The van der Waals surface area contributed by atoms with Gasteiger partial charge in [0.05, 0.1) is 17.7 Å². The Balaban J connectivity index is 2.21. The first-order chi connectivity index (χ1) is 12.3. The Labute approximate surface area is 154 Å². The van der Waals surface area contributed by atoms with E-state index in [9.17, 15) is 13.2 Å². The summed E-state index contributed by atoms with van der Waals surface area (Å²) in [6, 6.07) is 14.1. The summed E-state index contributed by atoms with van der Waals surface area (Å²) >= 11 is 0. The molecule has 26 heavy (non-hydrogen) atoms. The van der Waals surface area contributed by atoms with Gasteiger partial charge in [-0.3, -0.25) is 4.79 Å². The van der Waals surface area contributed by atoms with E-state index in [2.05, 4.69) is 5.32 Å². The second-order valence-electron chi connectivity index (χ2n) is 6.21. The number of hydrogen-bond acceptors (Lipinski definition) is 4. The fourth-order valence-corrected chi connectivity index (χ4v) is 3.46. The second kappa shape index (κ2) is 8.33. The van der Waals surface area contributed by atoms with E-state index in [-0.39, 0.29) is 23.1 Å². The number of sulfonamides is 1. The van der Waals surface area contributed by atoms with Gasteiger partial charge >= 0.3 is 0 Å². The van der Waals surface area contributed by atoms with Crippen molar-refractivity contribution in [3.8, 4) is 5.75 Å². The van der Waals surface area contributed by atoms with Crippen molar-refractivity contribution in [2.75, 3.05) is 26.5 Å². The number of benzene rings is 2. The Bertz CT molecular complexity index is 864. The summed E-state index contributed by atoms with van der Waals surface area (Å²) in [6.45, 7) is 1.97. The molecule has 0 heterocycles. The van der Waals surface area contributed by atoms with Crippen molar-refractivity contribution in [2.24, 2.45) is 0 Å². The van der Waals surface area contributed by atoms with Crippen LogP contribution < -0.4 is 10.1 Å². The SMILES string of the molecule is COc1ccc(S(=O)(=O)N(C)C)cc1NC(=O)C[C@@H](C)c1ccccc1. The summed E-state index contributed by atoms with van der Waals surface area (Å²) in [5, 5.41) is 2.77. The number of nitrogens with zero attached hydrogens (tertiary/aromatic N) is 1. The van der Waals surface area contributed by atoms with Crippen molar-refractivity contribution in [2.45, 2.75) is 24.2 Å². The van der Waals surface area contributed by atoms with E-state index in [1.807, 2.05) is 37.3 Å². The van der Waals surface area contributed by atoms with Gasteiger partial charge in [-0.15, -0.1) is 0 Å². The first-order valence-electron chi connectivity index (χ1n) is 8.21. The van der Waals surface area contributed by atoms with Crippen LogP contribution in [-0.4, -0.2) is 39.8 Å². The lowest BCUT2D eigenvalue weighted by Crippen LogP contribution is -2.22. The molecule has 0 bridgehead atoms. The van der Waals surface area contributed by atoms with Crippen LogP contribution in [0.3, 0.4) is 0 Å². The summed E-state index contributed by atoms with van der Waals surface area (Å²) in [5.74, 6) is 0.235. The van der Waals surface area contributed by atoms with E-state index in [1.54, 1.807) is 0 Å². The molecule has 0 saturated heterocycles. The third-order valence-corrected chi connectivity index (χ3v) is 5.89. The lowest BCUT2D eigenvalue weighted by molar-refractivity contribution is -0.116. The molecule has 0 spiro atoms. The number of ether oxygens (including phenoxy) is 1. The molecule has 2 aromatic carbocycles. The van der Waals surface area contributed by atoms with E-state index in [4.69, 9.17) is 4.74 Å². The molecule has 0 aromatic heterocycles. The molecule has 2 aromatic rings. The van der Waals surface area contributed by atoms with E-state index in [1.165, 1.54) is 39.4 Å². The van der Waals surface area contributed by atoms with E-state index in [0.29, 0.717) is 11.4 Å². The topological polar surface area (TPSA) is 75.7 Å². The highest BCUT2D eigenvalue weighted by Gasteiger charge is 2.20. The van der Waals surface area contributed by atoms with Crippen LogP contribution >= 0.6 is 0 Å². The van der Waals surface area contributed by atoms with Crippen LogP contribution in [0.1, 0.15) is 24.8 Å². The molecule has 7 heteroatoms. The van der Waals surface area contributed by atoms with Crippen LogP contribution in [0.5, 0.6) is 5.75 Å². The average Bonchev–Trinajstić information content (AvgIpc) is 2.62. The van der Waals surface area contributed by atoms with Crippen LogP contribution in [-0.2, 0) is 14.8 Å². The predicted molar refractivity (Wildman–Crippen MR) is 102 cm³/mol. The minimum atomic E-state index is -3.60. The predicted octanol–water partition coefficient (Wildman–Crippen LogP) is 3.08. The van der Waals surface area contributed by atoms with Gasteiger partial charge in [-0.05, 0) is 29.7 Å². The van der Waals surface area contributed by atoms with Gasteiger partial charge in [-0.25, -0.2) is 12.7 Å². The number of carbonyl (C=O) groups excluding carboxylic acids is 1. The summed E-state index contributed by atoms with van der Waals surface area (Å²) in [6.07, 6.45) is 0.276.